The van der Waals surface area contributed by atoms with Gasteiger partial charge in [0.1, 0.15) is 0 Å². The summed E-state index contributed by atoms with van der Waals surface area (Å²) in [6, 6.07) is 33.5. The zero-order valence-electron chi connectivity index (χ0n) is 23.9. The van der Waals surface area contributed by atoms with Crippen LogP contribution in [-0.2, 0) is 6.42 Å². The number of aliphatic hydroxyl groups excluding tert-OH is 1. The van der Waals surface area contributed by atoms with Crippen LogP contribution in [0.25, 0.3) is 0 Å². The van der Waals surface area contributed by atoms with Crippen LogP contribution in [0.3, 0.4) is 0 Å². The van der Waals surface area contributed by atoms with Gasteiger partial charge in [0.2, 0.25) is 5.91 Å². The summed E-state index contributed by atoms with van der Waals surface area (Å²) in [5.41, 5.74) is 10.3. The van der Waals surface area contributed by atoms with Crippen molar-refractivity contribution in [2.45, 2.75) is 51.4 Å². The van der Waals surface area contributed by atoms with E-state index in [-0.39, 0.29) is 30.1 Å². The minimum atomic E-state index is -0.892. The van der Waals surface area contributed by atoms with Crippen molar-refractivity contribution in [1.29, 1.82) is 0 Å². The van der Waals surface area contributed by atoms with Gasteiger partial charge in [0, 0.05) is 23.7 Å². The van der Waals surface area contributed by atoms with E-state index in [0.717, 1.165) is 22.3 Å². The molecule has 6 heteroatoms. The Kier molecular flexibility index (Phi) is 10.1. The van der Waals surface area contributed by atoms with Gasteiger partial charge in [0.15, 0.2) is 0 Å². The normalized spacial score (nSPS) is 14.0. The molecular weight excluding hydrogens is 510 g/mol. The lowest BCUT2D eigenvalue weighted by atomic mass is 9.93. The first-order valence-corrected chi connectivity index (χ1v) is 14.0. The van der Waals surface area contributed by atoms with Gasteiger partial charge >= 0.3 is 0 Å². The SMILES string of the molecule is Cc1ccccc1C(C)N(C(=O)c1cccc(C(N)=O)c1)[C@@H](Cc1ccccc1)[C@H](O)CN[C@@H](C)c1ccccc1. The van der Waals surface area contributed by atoms with E-state index in [2.05, 4.69) is 12.2 Å². The molecule has 4 atom stereocenters. The molecule has 6 nitrogen and oxygen atoms in total. The molecule has 0 heterocycles. The molecule has 41 heavy (non-hydrogen) atoms. The topological polar surface area (TPSA) is 95.7 Å². The van der Waals surface area contributed by atoms with Crippen molar-refractivity contribution in [1.82, 2.24) is 10.2 Å². The molecule has 0 radical (unpaired) electrons. The maximum atomic E-state index is 14.4. The molecule has 0 aliphatic heterocycles. The Morgan fingerprint density at radius 3 is 2.10 bits per heavy atom. The standard InChI is InChI=1S/C35H39N3O3/c1-24-13-10-11-20-31(24)26(3)38(35(41)30-19-12-18-29(22-30)34(36)40)32(21-27-14-6-4-7-15-27)33(39)23-37-25(2)28-16-8-5-9-17-28/h4-20,22,25-26,32-33,37,39H,21,23H2,1-3H3,(H2,36,40)/t25-,26?,32-,33+/m0/s1. The van der Waals surface area contributed by atoms with E-state index in [0.29, 0.717) is 12.0 Å². The number of primary amides is 1. The molecule has 4 aromatic rings. The molecule has 0 fully saturated rings. The fourth-order valence-electron chi connectivity index (χ4n) is 5.34. The molecule has 0 saturated heterocycles. The van der Waals surface area contributed by atoms with E-state index in [1.807, 2.05) is 98.8 Å². The van der Waals surface area contributed by atoms with E-state index < -0.39 is 18.1 Å². The third-order valence-corrected chi connectivity index (χ3v) is 7.71. The largest absolute Gasteiger partial charge is 0.390 e. The summed E-state index contributed by atoms with van der Waals surface area (Å²) in [5.74, 6) is -0.877. The Morgan fingerprint density at radius 2 is 1.44 bits per heavy atom. The van der Waals surface area contributed by atoms with Gasteiger partial charge in [-0.25, -0.2) is 0 Å². The average Bonchev–Trinajstić information content (AvgIpc) is 3.00. The number of rotatable bonds is 12. The van der Waals surface area contributed by atoms with Gasteiger partial charge < -0.3 is 21.1 Å². The summed E-state index contributed by atoms with van der Waals surface area (Å²) in [5, 5.41) is 15.3. The summed E-state index contributed by atoms with van der Waals surface area (Å²) < 4.78 is 0. The third kappa shape index (κ3) is 7.48. The number of carbonyl (C=O) groups excluding carboxylic acids is 2. The van der Waals surface area contributed by atoms with Gasteiger partial charge in [-0.05, 0) is 67.6 Å². The lowest BCUT2D eigenvalue weighted by molar-refractivity contribution is 0.0214. The first kappa shape index (κ1) is 29.7. The van der Waals surface area contributed by atoms with Crippen molar-refractivity contribution in [2.75, 3.05) is 6.54 Å². The van der Waals surface area contributed by atoms with Crippen LogP contribution in [0.5, 0.6) is 0 Å². The molecule has 4 N–H and O–H groups in total. The van der Waals surface area contributed by atoms with Gasteiger partial charge in [0.25, 0.3) is 5.91 Å². The van der Waals surface area contributed by atoms with Crippen LogP contribution < -0.4 is 11.1 Å². The Morgan fingerprint density at radius 1 is 0.829 bits per heavy atom. The van der Waals surface area contributed by atoms with E-state index >= 15 is 0 Å². The first-order valence-electron chi connectivity index (χ1n) is 14.0. The van der Waals surface area contributed by atoms with Crippen LogP contribution in [0.4, 0.5) is 0 Å². The smallest absolute Gasteiger partial charge is 0.254 e. The highest BCUT2D eigenvalue weighted by Crippen LogP contribution is 2.30. The van der Waals surface area contributed by atoms with E-state index in [9.17, 15) is 14.7 Å². The number of benzene rings is 4. The Balaban J connectivity index is 1.75. The van der Waals surface area contributed by atoms with Gasteiger partial charge in [-0.2, -0.15) is 0 Å². The maximum Gasteiger partial charge on any atom is 0.254 e. The van der Waals surface area contributed by atoms with Crippen molar-refractivity contribution >= 4 is 11.8 Å². The van der Waals surface area contributed by atoms with Crippen molar-refractivity contribution < 1.29 is 14.7 Å². The second-order valence-corrected chi connectivity index (χ2v) is 10.6. The third-order valence-electron chi connectivity index (χ3n) is 7.71. The number of nitrogens with one attached hydrogen (secondary N) is 1. The van der Waals surface area contributed by atoms with E-state index in [4.69, 9.17) is 5.73 Å². The number of hydrogen-bond acceptors (Lipinski definition) is 4. The molecule has 2 amide bonds. The number of hydrogen-bond donors (Lipinski definition) is 3. The Bertz CT molecular complexity index is 1440. The van der Waals surface area contributed by atoms with Crippen LogP contribution in [0.2, 0.25) is 0 Å². The minimum Gasteiger partial charge on any atom is -0.390 e. The summed E-state index contributed by atoms with van der Waals surface area (Å²) >= 11 is 0. The first-order chi connectivity index (χ1) is 19.8. The molecule has 0 aromatic heterocycles. The van der Waals surface area contributed by atoms with Crippen LogP contribution in [-0.4, -0.2) is 40.5 Å². The minimum absolute atomic E-state index is 0.00779. The second kappa shape index (κ2) is 13.9. The Hall–Kier alpha value is -4.26. The zero-order chi connectivity index (χ0) is 29.4. The fourth-order valence-corrected chi connectivity index (χ4v) is 5.34. The number of aliphatic hydroxyl groups is 1. The van der Waals surface area contributed by atoms with Crippen molar-refractivity contribution in [3.63, 3.8) is 0 Å². The highest BCUT2D eigenvalue weighted by atomic mass is 16.3. The van der Waals surface area contributed by atoms with Gasteiger partial charge in [-0.1, -0.05) is 91.0 Å². The van der Waals surface area contributed by atoms with Crippen LogP contribution in [0.15, 0.2) is 109 Å². The lowest BCUT2D eigenvalue weighted by Crippen LogP contribution is -2.52. The Labute approximate surface area is 242 Å². The molecule has 0 aliphatic carbocycles. The molecule has 4 rings (SSSR count). The monoisotopic (exact) mass is 549 g/mol. The van der Waals surface area contributed by atoms with Crippen molar-refractivity contribution in [3.8, 4) is 0 Å². The van der Waals surface area contributed by atoms with Gasteiger partial charge in [0.05, 0.1) is 18.2 Å². The average molecular weight is 550 g/mol. The number of carbonyl (C=O) groups is 2. The molecule has 0 saturated carbocycles. The molecule has 0 spiro atoms. The maximum absolute atomic E-state index is 14.4. The predicted octanol–water partition coefficient (Wildman–Crippen LogP) is 5.62. The molecule has 0 aliphatic rings. The number of amides is 2. The molecular formula is C35H39N3O3. The second-order valence-electron chi connectivity index (χ2n) is 10.6. The van der Waals surface area contributed by atoms with E-state index in [1.165, 1.54) is 6.07 Å². The number of nitrogens with zero attached hydrogens (tertiary/aromatic N) is 1. The fraction of sp³-hybridized carbons (Fsp3) is 0.257. The summed E-state index contributed by atoms with van der Waals surface area (Å²) in [7, 11) is 0. The molecule has 0 bridgehead atoms. The highest BCUT2D eigenvalue weighted by molar-refractivity contribution is 5.99. The van der Waals surface area contributed by atoms with Gasteiger partial charge in [-0.3, -0.25) is 9.59 Å². The summed E-state index contributed by atoms with van der Waals surface area (Å²) in [6.45, 7) is 6.35. The van der Waals surface area contributed by atoms with Crippen molar-refractivity contribution in [3.05, 3.63) is 143 Å². The summed E-state index contributed by atoms with van der Waals surface area (Å²) in [4.78, 5) is 28.1. The highest BCUT2D eigenvalue weighted by Gasteiger charge is 2.35. The van der Waals surface area contributed by atoms with Crippen LogP contribution >= 0.6 is 0 Å². The number of nitrogens with two attached hydrogens (primary N) is 1. The number of aryl methyl sites for hydroxylation is 1. The van der Waals surface area contributed by atoms with E-state index in [1.54, 1.807) is 23.1 Å². The zero-order valence-corrected chi connectivity index (χ0v) is 23.9. The van der Waals surface area contributed by atoms with Crippen LogP contribution in [0.1, 0.15) is 68.9 Å². The van der Waals surface area contributed by atoms with Gasteiger partial charge in [-0.15, -0.1) is 0 Å². The predicted molar refractivity (Wildman–Crippen MR) is 164 cm³/mol. The summed E-state index contributed by atoms with van der Waals surface area (Å²) in [6.07, 6.45) is -0.447. The molecule has 212 valence electrons. The lowest BCUT2D eigenvalue weighted by Gasteiger charge is -2.40. The van der Waals surface area contributed by atoms with Crippen LogP contribution in [0, 0.1) is 6.92 Å². The van der Waals surface area contributed by atoms with Crippen molar-refractivity contribution in [2.24, 2.45) is 5.73 Å². The quantitative estimate of drug-likeness (QED) is 0.214. The molecule has 4 aromatic carbocycles. The molecule has 1 unspecified atom stereocenters.